The lowest BCUT2D eigenvalue weighted by Gasteiger charge is -2.37. The molecule has 0 nitrogen and oxygen atoms in total. The summed E-state index contributed by atoms with van der Waals surface area (Å²) in [5.41, 5.74) is 1.06. The fourth-order valence-electron chi connectivity index (χ4n) is 5.41. The van der Waals surface area contributed by atoms with E-state index in [2.05, 4.69) is 6.92 Å². The monoisotopic (exact) mass is 408 g/mol. The van der Waals surface area contributed by atoms with Crippen molar-refractivity contribution in [2.45, 2.75) is 64.2 Å². The Morgan fingerprint density at radius 3 is 1.79 bits per heavy atom. The molecule has 0 bridgehead atoms. The van der Waals surface area contributed by atoms with Gasteiger partial charge in [-0.05, 0) is 91.5 Å². The van der Waals surface area contributed by atoms with E-state index >= 15 is 0 Å². The standard InChI is InChI=1S/C25H28F4.2H2/c1-15-2-4-16(5-3-15)17-6-8-18(9-7-17)19-10-11-21(22(26)12-19)20-13-23(27)25(29)24(28)14-20;;/h10-18H,2-9H2,1H3;2*1H. The van der Waals surface area contributed by atoms with Crippen LogP contribution in [-0.4, -0.2) is 0 Å². The van der Waals surface area contributed by atoms with Crippen molar-refractivity contribution in [3.05, 3.63) is 59.2 Å². The molecule has 0 saturated heterocycles. The Labute approximate surface area is 173 Å². The van der Waals surface area contributed by atoms with Crippen LogP contribution in [0.4, 0.5) is 17.6 Å². The van der Waals surface area contributed by atoms with Gasteiger partial charge in [-0.1, -0.05) is 31.9 Å². The van der Waals surface area contributed by atoms with Crippen molar-refractivity contribution in [2.75, 3.05) is 0 Å². The van der Waals surface area contributed by atoms with Crippen LogP contribution in [-0.2, 0) is 0 Å². The minimum Gasteiger partial charge on any atom is -0.206 e. The molecule has 4 heteroatoms. The molecule has 0 radical (unpaired) electrons. The average Bonchev–Trinajstić information content (AvgIpc) is 2.72. The van der Waals surface area contributed by atoms with Crippen LogP contribution in [0.25, 0.3) is 11.1 Å². The van der Waals surface area contributed by atoms with E-state index in [0.29, 0.717) is 5.92 Å². The molecule has 29 heavy (non-hydrogen) atoms. The first kappa shape index (κ1) is 20.4. The maximum Gasteiger partial charge on any atom is 0.194 e. The highest BCUT2D eigenvalue weighted by atomic mass is 19.2. The molecule has 2 aliphatic carbocycles. The molecule has 0 amide bonds. The first-order valence-corrected chi connectivity index (χ1v) is 10.9. The maximum atomic E-state index is 14.7. The summed E-state index contributed by atoms with van der Waals surface area (Å²) in [5, 5.41) is 0. The summed E-state index contributed by atoms with van der Waals surface area (Å²) in [6.45, 7) is 2.35. The van der Waals surface area contributed by atoms with Gasteiger partial charge >= 0.3 is 0 Å². The molecule has 2 aromatic rings. The van der Waals surface area contributed by atoms with Gasteiger partial charge in [-0.2, -0.15) is 0 Å². The van der Waals surface area contributed by atoms with Gasteiger partial charge in [0, 0.05) is 8.42 Å². The van der Waals surface area contributed by atoms with Gasteiger partial charge in [0.05, 0.1) is 0 Å². The zero-order valence-electron chi connectivity index (χ0n) is 16.9. The third kappa shape index (κ3) is 4.36. The Balaban J connectivity index is 0.00000171. The van der Waals surface area contributed by atoms with E-state index in [1.807, 2.05) is 6.07 Å². The molecule has 0 aromatic heterocycles. The molecule has 2 fully saturated rings. The Bertz CT molecular complexity index is 847. The van der Waals surface area contributed by atoms with Crippen LogP contribution in [0.1, 0.15) is 72.6 Å². The normalized spacial score (nSPS) is 27.8. The van der Waals surface area contributed by atoms with Crippen LogP contribution in [0.3, 0.4) is 0 Å². The maximum absolute atomic E-state index is 14.7. The van der Waals surface area contributed by atoms with Crippen LogP contribution in [0.2, 0.25) is 0 Å². The van der Waals surface area contributed by atoms with Crippen molar-refractivity contribution >= 4 is 0 Å². The smallest absolute Gasteiger partial charge is 0.194 e. The first-order valence-electron chi connectivity index (χ1n) is 10.9. The Hall–Kier alpha value is -1.84. The number of hydrogen-bond donors (Lipinski definition) is 0. The number of hydrogen-bond acceptors (Lipinski definition) is 0. The van der Waals surface area contributed by atoms with Gasteiger partial charge in [-0.15, -0.1) is 0 Å². The van der Waals surface area contributed by atoms with E-state index in [1.54, 1.807) is 6.07 Å². The van der Waals surface area contributed by atoms with Crippen LogP contribution in [0.5, 0.6) is 0 Å². The molecule has 0 N–H and O–H groups in total. The summed E-state index contributed by atoms with van der Waals surface area (Å²) in [6, 6.07) is 6.58. The van der Waals surface area contributed by atoms with E-state index in [0.717, 1.165) is 48.3 Å². The fourth-order valence-corrected chi connectivity index (χ4v) is 5.41. The Morgan fingerprint density at radius 1 is 0.690 bits per heavy atom. The highest BCUT2D eigenvalue weighted by molar-refractivity contribution is 5.65. The van der Waals surface area contributed by atoms with Crippen molar-refractivity contribution in [1.29, 1.82) is 0 Å². The second-order valence-corrected chi connectivity index (χ2v) is 9.12. The van der Waals surface area contributed by atoms with Crippen molar-refractivity contribution < 1.29 is 20.4 Å². The largest absolute Gasteiger partial charge is 0.206 e. The topological polar surface area (TPSA) is 0 Å². The van der Waals surface area contributed by atoms with Gasteiger partial charge in [-0.25, -0.2) is 17.6 Å². The molecular weight excluding hydrogens is 376 g/mol. The number of halogens is 4. The van der Waals surface area contributed by atoms with E-state index in [9.17, 15) is 17.6 Å². The minimum absolute atomic E-state index is 0. The van der Waals surface area contributed by atoms with E-state index in [1.165, 1.54) is 44.6 Å². The highest BCUT2D eigenvalue weighted by Crippen LogP contribution is 2.44. The molecule has 2 aromatic carbocycles. The van der Waals surface area contributed by atoms with Crippen molar-refractivity contribution in [1.82, 2.24) is 0 Å². The lowest BCUT2D eigenvalue weighted by atomic mass is 9.68. The quantitative estimate of drug-likeness (QED) is 0.353. The zero-order valence-corrected chi connectivity index (χ0v) is 16.9. The molecular formula is C25H32F4. The van der Waals surface area contributed by atoms with Crippen molar-refractivity contribution in [3.63, 3.8) is 0 Å². The first-order chi connectivity index (χ1) is 13.9. The zero-order chi connectivity index (χ0) is 20.5. The summed E-state index contributed by atoms with van der Waals surface area (Å²) in [4.78, 5) is 0. The molecule has 2 aliphatic rings. The van der Waals surface area contributed by atoms with Crippen molar-refractivity contribution in [3.8, 4) is 11.1 Å². The lowest BCUT2D eigenvalue weighted by molar-refractivity contribution is 0.165. The van der Waals surface area contributed by atoms with E-state index in [4.69, 9.17) is 0 Å². The van der Waals surface area contributed by atoms with Gasteiger partial charge in [0.2, 0.25) is 0 Å². The molecule has 2 saturated carbocycles. The van der Waals surface area contributed by atoms with Gasteiger partial charge in [0.1, 0.15) is 5.82 Å². The van der Waals surface area contributed by atoms with Crippen LogP contribution >= 0.6 is 0 Å². The predicted octanol–water partition coefficient (Wildman–Crippen LogP) is 8.50. The molecule has 0 atom stereocenters. The van der Waals surface area contributed by atoms with E-state index < -0.39 is 23.3 Å². The van der Waals surface area contributed by atoms with Crippen molar-refractivity contribution in [2.24, 2.45) is 17.8 Å². The summed E-state index contributed by atoms with van der Waals surface area (Å²) in [5.74, 6) is -1.81. The third-order valence-electron chi connectivity index (χ3n) is 7.26. The lowest BCUT2D eigenvalue weighted by Crippen LogP contribution is -2.24. The molecule has 0 unspecified atom stereocenters. The summed E-state index contributed by atoms with van der Waals surface area (Å²) in [6.07, 6.45) is 9.92. The summed E-state index contributed by atoms with van der Waals surface area (Å²) < 4.78 is 54.9. The third-order valence-corrected chi connectivity index (χ3v) is 7.26. The number of rotatable bonds is 3. The molecule has 0 heterocycles. The fraction of sp³-hybridized carbons (Fsp3) is 0.520. The van der Waals surface area contributed by atoms with Gasteiger partial charge in [-0.3, -0.25) is 0 Å². The van der Waals surface area contributed by atoms with Crippen LogP contribution in [0, 0.1) is 41.0 Å². The molecule has 0 spiro atoms. The summed E-state index contributed by atoms with van der Waals surface area (Å²) >= 11 is 0. The van der Waals surface area contributed by atoms with Gasteiger partial charge in [0.15, 0.2) is 17.5 Å². The van der Waals surface area contributed by atoms with Gasteiger partial charge in [0.25, 0.3) is 0 Å². The summed E-state index contributed by atoms with van der Waals surface area (Å²) in [7, 11) is 0. The SMILES string of the molecule is CC1CCC(C2CCC(c3ccc(-c4cc(F)c(F)c(F)c4)c(F)c3)CC2)CC1.[HH].[HH]. The second-order valence-electron chi connectivity index (χ2n) is 9.12. The highest BCUT2D eigenvalue weighted by Gasteiger charge is 2.30. The average molecular weight is 409 g/mol. The van der Waals surface area contributed by atoms with Gasteiger partial charge < -0.3 is 0 Å². The van der Waals surface area contributed by atoms with Crippen LogP contribution < -0.4 is 0 Å². The Kier molecular flexibility index (Phi) is 5.98. The Morgan fingerprint density at radius 2 is 1.24 bits per heavy atom. The molecule has 4 rings (SSSR count). The molecule has 160 valence electrons. The van der Waals surface area contributed by atoms with E-state index in [-0.39, 0.29) is 14.0 Å². The van der Waals surface area contributed by atoms with Crippen LogP contribution in [0.15, 0.2) is 30.3 Å². The minimum atomic E-state index is -1.53. The molecule has 0 aliphatic heterocycles. The number of benzene rings is 2. The second kappa shape index (κ2) is 8.49. The predicted molar refractivity (Wildman–Crippen MR) is 112 cm³/mol.